The number of nitrogens with zero attached hydrogens (tertiary/aromatic N) is 3. The molecule has 0 unspecified atom stereocenters. The van der Waals surface area contributed by atoms with Crippen molar-refractivity contribution in [1.29, 1.82) is 0 Å². The fraction of sp³-hybridized carbons (Fsp3) is 0.222. The van der Waals surface area contributed by atoms with Gasteiger partial charge in [-0.25, -0.2) is 9.97 Å². The van der Waals surface area contributed by atoms with Crippen molar-refractivity contribution >= 4 is 15.9 Å². The minimum atomic E-state index is 0.570. The van der Waals surface area contributed by atoms with E-state index in [1.54, 1.807) is 18.5 Å². The maximum atomic E-state index is 5.11. The lowest BCUT2D eigenvalue weighted by Crippen LogP contribution is -1.84. The lowest BCUT2D eigenvalue weighted by molar-refractivity contribution is 0.422. The summed E-state index contributed by atoms with van der Waals surface area (Å²) in [5.41, 5.74) is 0.907. The van der Waals surface area contributed by atoms with Crippen LogP contribution >= 0.6 is 15.9 Å². The molecule has 0 saturated carbocycles. The van der Waals surface area contributed by atoms with Crippen LogP contribution in [0.3, 0.4) is 0 Å². The fourth-order valence-electron chi connectivity index (χ4n) is 1.06. The van der Waals surface area contributed by atoms with Crippen molar-refractivity contribution in [3.8, 4) is 11.6 Å². The van der Waals surface area contributed by atoms with Gasteiger partial charge in [0, 0.05) is 30.2 Å². The van der Waals surface area contributed by atoms with E-state index in [9.17, 15) is 0 Å². The molecular formula is C9H8BrN3O. The molecule has 0 amide bonds. The van der Waals surface area contributed by atoms with Crippen molar-refractivity contribution in [3.05, 3.63) is 30.2 Å². The number of hydrogen-bond acceptors (Lipinski definition) is 4. The number of alkyl halides is 1. The fourth-order valence-corrected chi connectivity index (χ4v) is 1.46. The average Bonchev–Trinajstić information content (AvgIpc) is 2.68. The molecule has 2 heterocycles. The summed E-state index contributed by atoms with van der Waals surface area (Å²) in [4.78, 5) is 8.13. The van der Waals surface area contributed by atoms with Gasteiger partial charge in [-0.05, 0) is 6.07 Å². The number of aryl methyl sites for hydroxylation is 1. The summed E-state index contributed by atoms with van der Waals surface area (Å²) in [5, 5.41) is 4.77. The van der Waals surface area contributed by atoms with E-state index < -0.39 is 0 Å². The summed E-state index contributed by atoms with van der Waals surface area (Å²) in [5.74, 6) is 1.18. The maximum Gasteiger partial charge on any atom is 0.204 e. The lowest BCUT2D eigenvalue weighted by atomic mass is 10.3. The van der Waals surface area contributed by atoms with Crippen LogP contribution in [0.5, 0.6) is 0 Å². The Morgan fingerprint density at radius 3 is 2.79 bits per heavy atom. The highest BCUT2D eigenvalue weighted by atomic mass is 79.9. The summed E-state index contributed by atoms with van der Waals surface area (Å²) in [6.45, 7) is 0. The number of hydrogen-bond donors (Lipinski definition) is 0. The van der Waals surface area contributed by atoms with Crippen molar-refractivity contribution in [2.24, 2.45) is 0 Å². The Balaban J connectivity index is 2.25. The second kappa shape index (κ2) is 4.32. The molecule has 2 aromatic heterocycles. The minimum absolute atomic E-state index is 0.570. The van der Waals surface area contributed by atoms with Gasteiger partial charge in [-0.1, -0.05) is 21.1 Å². The van der Waals surface area contributed by atoms with Gasteiger partial charge in [0.15, 0.2) is 5.82 Å². The molecule has 0 spiro atoms. The molecular weight excluding hydrogens is 246 g/mol. The van der Waals surface area contributed by atoms with E-state index in [4.69, 9.17) is 4.52 Å². The van der Waals surface area contributed by atoms with E-state index in [-0.39, 0.29) is 0 Å². The van der Waals surface area contributed by atoms with Crippen molar-refractivity contribution in [3.63, 3.8) is 0 Å². The van der Waals surface area contributed by atoms with E-state index in [1.165, 1.54) is 0 Å². The standard InChI is InChI=1S/C9H8BrN3O/c10-3-2-7-6-8(14-13-7)9-11-4-1-5-12-9/h1,4-6H,2-3H2. The zero-order valence-corrected chi connectivity index (χ0v) is 8.94. The lowest BCUT2D eigenvalue weighted by Gasteiger charge is -1.89. The van der Waals surface area contributed by atoms with Gasteiger partial charge in [-0.15, -0.1) is 0 Å². The first-order chi connectivity index (χ1) is 6.90. The van der Waals surface area contributed by atoms with Crippen LogP contribution in [0.1, 0.15) is 5.69 Å². The molecule has 14 heavy (non-hydrogen) atoms. The van der Waals surface area contributed by atoms with Gasteiger partial charge in [0.2, 0.25) is 5.76 Å². The zero-order chi connectivity index (χ0) is 9.80. The molecule has 0 aliphatic carbocycles. The SMILES string of the molecule is BrCCc1cc(-c2ncccn2)on1. The summed E-state index contributed by atoms with van der Waals surface area (Å²) in [6.07, 6.45) is 4.19. The molecule has 0 fully saturated rings. The Bertz CT molecular complexity index is 401. The Morgan fingerprint density at radius 2 is 2.07 bits per heavy atom. The first kappa shape index (κ1) is 9.33. The van der Waals surface area contributed by atoms with Gasteiger partial charge in [-0.3, -0.25) is 0 Å². The molecule has 0 N–H and O–H groups in total. The molecule has 0 atom stereocenters. The van der Waals surface area contributed by atoms with E-state index in [1.807, 2.05) is 6.07 Å². The monoisotopic (exact) mass is 253 g/mol. The molecule has 0 aliphatic rings. The van der Waals surface area contributed by atoms with Gasteiger partial charge in [-0.2, -0.15) is 0 Å². The Labute approximate surface area is 89.5 Å². The molecule has 0 radical (unpaired) electrons. The number of aromatic nitrogens is 3. The second-order valence-corrected chi connectivity index (χ2v) is 3.49. The smallest absolute Gasteiger partial charge is 0.204 e. The quantitative estimate of drug-likeness (QED) is 0.787. The van der Waals surface area contributed by atoms with Crippen LogP contribution < -0.4 is 0 Å². The van der Waals surface area contributed by atoms with Crippen LogP contribution in [-0.2, 0) is 6.42 Å². The first-order valence-electron chi connectivity index (χ1n) is 4.19. The summed E-state index contributed by atoms with van der Waals surface area (Å²) in [6, 6.07) is 3.62. The first-order valence-corrected chi connectivity index (χ1v) is 5.31. The van der Waals surface area contributed by atoms with E-state index >= 15 is 0 Å². The third-order valence-electron chi connectivity index (χ3n) is 1.70. The summed E-state index contributed by atoms with van der Waals surface area (Å²) < 4.78 is 5.11. The van der Waals surface area contributed by atoms with Crippen molar-refractivity contribution in [2.45, 2.75) is 6.42 Å². The van der Waals surface area contributed by atoms with Crippen LogP contribution in [-0.4, -0.2) is 20.5 Å². The molecule has 2 rings (SSSR count). The van der Waals surface area contributed by atoms with E-state index in [0.29, 0.717) is 11.6 Å². The molecule has 72 valence electrons. The molecule has 4 nitrogen and oxygen atoms in total. The largest absolute Gasteiger partial charge is 0.353 e. The second-order valence-electron chi connectivity index (χ2n) is 2.69. The van der Waals surface area contributed by atoms with E-state index in [0.717, 1.165) is 17.4 Å². The topological polar surface area (TPSA) is 51.8 Å². The van der Waals surface area contributed by atoms with Gasteiger partial charge in [0.1, 0.15) is 0 Å². The van der Waals surface area contributed by atoms with Gasteiger partial charge < -0.3 is 4.52 Å². The number of halogens is 1. The average molecular weight is 254 g/mol. The van der Waals surface area contributed by atoms with Crippen LogP contribution in [0.15, 0.2) is 29.0 Å². The van der Waals surface area contributed by atoms with Gasteiger partial charge >= 0.3 is 0 Å². The summed E-state index contributed by atoms with van der Waals surface area (Å²) >= 11 is 3.34. The normalized spacial score (nSPS) is 10.4. The predicted octanol–water partition coefficient (Wildman–Crippen LogP) is 2.07. The molecule has 0 saturated heterocycles. The maximum absolute atomic E-state index is 5.11. The van der Waals surface area contributed by atoms with Crippen LogP contribution in [0.25, 0.3) is 11.6 Å². The van der Waals surface area contributed by atoms with Crippen LogP contribution in [0.4, 0.5) is 0 Å². The zero-order valence-electron chi connectivity index (χ0n) is 7.35. The highest BCUT2D eigenvalue weighted by molar-refractivity contribution is 9.09. The van der Waals surface area contributed by atoms with E-state index in [2.05, 4.69) is 31.1 Å². The highest BCUT2D eigenvalue weighted by Gasteiger charge is 2.07. The van der Waals surface area contributed by atoms with Crippen LogP contribution in [0, 0.1) is 0 Å². The molecule has 0 aromatic carbocycles. The molecule has 0 aliphatic heterocycles. The Hall–Kier alpha value is -1.23. The highest BCUT2D eigenvalue weighted by Crippen LogP contribution is 2.15. The van der Waals surface area contributed by atoms with Crippen molar-refractivity contribution in [1.82, 2.24) is 15.1 Å². The molecule has 0 bridgehead atoms. The molecule has 5 heteroatoms. The van der Waals surface area contributed by atoms with Crippen LogP contribution in [0.2, 0.25) is 0 Å². The Morgan fingerprint density at radius 1 is 1.29 bits per heavy atom. The molecule has 2 aromatic rings. The minimum Gasteiger partial charge on any atom is -0.353 e. The summed E-state index contributed by atoms with van der Waals surface area (Å²) in [7, 11) is 0. The van der Waals surface area contributed by atoms with Gasteiger partial charge in [0.05, 0.1) is 5.69 Å². The number of rotatable bonds is 3. The third-order valence-corrected chi connectivity index (χ3v) is 2.09. The third kappa shape index (κ3) is 1.98. The van der Waals surface area contributed by atoms with Gasteiger partial charge in [0.25, 0.3) is 0 Å². The predicted molar refractivity (Wildman–Crippen MR) is 55.0 cm³/mol. The Kier molecular flexibility index (Phi) is 2.88. The van der Waals surface area contributed by atoms with Crippen molar-refractivity contribution < 1.29 is 4.52 Å². The van der Waals surface area contributed by atoms with Crippen molar-refractivity contribution in [2.75, 3.05) is 5.33 Å².